The Hall–Kier alpha value is -2.87. The number of rotatable bonds is 9. The highest BCUT2D eigenvalue weighted by Crippen LogP contribution is 2.13. The number of esters is 1. The van der Waals surface area contributed by atoms with Gasteiger partial charge in [-0.15, -0.1) is 0 Å². The van der Waals surface area contributed by atoms with Crippen molar-refractivity contribution >= 4 is 11.9 Å². The molecule has 22 heavy (non-hydrogen) atoms. The first-order valence-corrected chi connectivity index (χ1v) is 6.74. The van der Waals surface area contributed by atoms with E-state index in [1.807, 2.05) is 6.92 Å². The first kappa shape index (κ1) is 19.1. The second-order valence-corrected chi connectivity index (χ2v) is 4.09. The van der Waals surface area contributed by atoms with Gasteiger partial charge in [0.25, 0.3) is 0 Å². The SMILES string of the molecule is C=CC=CC(C(=O)OCCCC)=C(C=CC#N)C=CC(=O)O. The van der Waals surface area contributed by atoms with Crippen molar-refractivity contribution in [1.29, 1.82) is 5.26 Å². The van der Waals surface area contributed by atoms with E-state index in [1.165, 1.54) is 30.4 Å². The molecule has 5 nitrogen and oxygen atoms in total. The van der Waals surface area contributed by atoms with Crippen LogP contribution < -0.4 is 0 Å². The molecule has 0 aliphatic rings. The van der Waals surface area contributed by atoms with Gasteiger partial charge >= 0.3 is 11.9 Å². The number of aliphatic carboxylic acids is 1. The number of unbranched alkanes of at least 4 members (excludes halogenated alkanes) is 1. The summed E-state index contributed by atoms with van der Waals surface area (Å²) in [5.74, 6) is -1.74. The van der Waals surface area contributed by atoms with Gasteiger partial charge in [-0.05, 0) is 30.2 Å². The van der Waals surface area contributed by atoms with Crippen LogP contribution in [0, 0.1) is 11.3 Å². The second-order valence-electron chi connectivity index (χ2n) is 4.09. The van der Waals surface area contributed by atoms with Crippen LogP contribution in [-0.2, 0) is 14.3 Å². The average Bonchev–Trinajstić information content (AvgIpc) is 2.49. The van der Waals surface area contributed by atoms with Crippen molar-refractivity contribution in [1.82, 2.24) is 0 Å². The molecule has 0 bridgehead atoms. The molecule has 0 radical (unpaired) electrons. The van der Waals surface area contributed by atoms with E-state index in [1.54, 1.807) is 6.07 Å². The molecule has 116 valence electrons. The highest BCUT2D eigenvalue weighted by atomic mass is 16.5. The zero-order chi connectivity index (χ0) is 16.8. The minimum absolute atomic E-state index is 0.153. The molecule has 0 unspecified atom stereocenters. The van der Waals surface area contributed by atoms with E-state index < -0.39 is 11.9 Å². The molecule has 0 fully saturated rings. The third kappa shape index (κ3) is 8.33. The Labute approximate surface area is 130 Å². The molecule has 0 saturated carbocycles. The van der Waals surface area contributed by atoms with E-state index in [-0.39, 0.29) is 17.8 Å². The zero-order valence-corrected chi connectivity index (χ0v) is 12.5. The molecule has 0 atom stereocenters. The summed E-state index contributed by atoms with van der Waals surface area (Å²) in [6, 6.07) is 1.80. The van der Waals surface area contributed by atoms with Crippen LogP contribution in [0.5, 0.6) is 0 Å². The van der Waals surface area contributed by atoms with E-state index in [4.69, 9.17) is 15.1 Å². The third-order valence-corrected chi connectivity index (χ3v) is 2.40. The van der Waals surface area contributed by atoms with Crippen molar-refractivity contribution in [3.8, 4) is 6.07 Å². The zero-order valence-electron chi connectivity index (χ0n) is 12.5. The number of nitrogens with zero attached hydrogens (tertiary/aromatic N) is 1. The Balaban J connectivity index is 5.66. The van der Waals surface area contributed by atoms with Crippen molar-refractivity contribution in [2.75, 3.05) is 6.61 Å². The number of hydrogen-bond acceptors (Lipinski definition) is 4. The fraction of sp³-hybridized carbons (Fsp3) is 0.235. The minimum atomic E-state index is -1.16. The van der Waals surface area contributed by atoms with Crippen LogP contribution in [0.25, 0.3) is 0 Å². The first-order chi connectivity index (χ1) is 10.6. The van der Waals surface area contributed by atoms with Gasteiger partial charge < -0.3 is 9.84 Å². The van der Waals surface area contributed by atoms with Gasteiger partial charge in [0.2, 0.25) is 0 Å². The van der Waals surface area contributed by atoms with Gasteiger partial charge in [0, 0.05) is 12.2 Å². The van der Waals surface area contributed by atoms with Gasteiger partial charge in [-0.1, -0.05) is 32.1 Å². The lowest BCUT2D eigenvalue weighted by molar-refractivity contribution is -0.138. The molecular weight excluding hydrogens is 282 g/mol. The lowest BCUT2D eigenvalue weighted by Gasteiger charge is -2.07. The first-order valence-electron chi connectivity index (χ1n) is 6.74. The summed E-state index contributed by atoms with van der Waals surface area (Å²) in [5.41, 5.74) is 0.420. The number of nitriles is 1. The largest absolute Gasteiger partial charge is 0.478 e. The lowest BCUT2D eigenvalue weighted by Crippen LogP contribution is -2.09. The lowest BCUT2D eigenvalue weighted by atomic mass is 10.1. The van der Waals surface area contributed by atoms with Crippen LogP contribution >= 0.6 is 0 Å². The summed E-state index contributed by atoms with van der Waals surface area (Å²) in [5, 5.41) is 17.3. The molecule has 0 aliphatic heterocycles. The average molecular weight is 301 g/mol. The second kappa shape index (κ2) is 11.9. The summed E-state index contributed by atoms with van der Waals surface area (Å²) in [6.45, 7) is 5.77. The van der Waals surface area contributed by atoms with Crippen molar-refractivity contribution in [3.05, 3.63) is 60.3 Å². The van der Waals surface area contributed by atoms with Gasteiger partial charge in [0.15, 0.2) is 0 Å². The summed E-state index contributed by atoms with van der Waals surface area (Å²) in [4.78, 5) is 22.8. The maximum atomic E-state index is 12.1. The molecule has 0 aromatic rings. The van der Waals surface area contributed by atoms with E-state index in [0.29, 0.717) is 0 Å². The molecule has 0 spiro atoms. The number of ether oxygens (including phenoxy) is 1. The van der Waals surface area contributed by atoms with Crippen LogP contribution in [-0.4, -0.2) is 23.7 Å². The molecule has 0 saturated heterocycles. The molecule has 5 heteroatoms. The fourth-order valence-corrected chi connectivity index (χ4v) is 1.36. The smallest absolute Gasteiger partial charge is 0.338 e. The Kier molecular flexibility index (Phi) is 10.4. The molecule has 1 N–H and O–H groups in total. The highest BCUT2D eigenvalue weighted by molar-refractivity contribution is 5.94. The van der Waals surface area contributed by atoms with Crippen molar-refractivity contribution < 1.29 is 19.4 Å². The van der Waals surface area contributed by atoms with Crippen LogP contribution in [0.4, 0.5) is 0 Å². The van der Waals surface area contributed by atoms with Gasteiger partial charge in [-0.3, -0.25) is 0 Å². The summed E-state index contributed by atoms with van der Waals surface area (Å²) in [7, 11) is 0. The summed E-state index contributed by atoms with van der Waals surface area (Å²) in [6.07, 6.45) is 10.7. The van der Waals surface area contributed by atoms with E-state index in [2.05, 4.69) is 6.58 Å². The molecule has 0 heterocycles. The number of carbonyl (C=O) groups is 2. The minimum Gasteiger partial charge on any atom is -0.478 e. The maximum absolute atomic E-state index is 12.1. The van der Waals surface area contributed by atoms with Crippen LogP contribution in [0.3, 0.4) is 0 Å². The van der Waals surface area contributed by atoms with Crippen molar-refractivity contribution in [3.63, 3.8) is 0 Å². The van der Waals surface area contributed by atoms with Gasteiger partial charge in [-0.25, -0.2) is 9.59 Å². The molecule has 0 aliphatic carbocycles. The van der Waals surface area contributed by atoms with E-state index in [0.717, 1.165) is 25.0 Å². The summed E-state index contributed by atoms with van der Waals surface area (Å²) < 4.78 is 5.13. The molecule has 0 rings (SSSR count). The Bertz CT molecular complexity index is 560. The van der Waals surface area contributed by atoms with E-state index >= 15 is 0 Å². The van der Waals surface area contributed by atoms with Crippen molar-refractivity contribution in [2.24, 2.45) is 0 Å². The molecule has 0 aromatic carbocycles. The molecular formula is C17H19NO4. The predicted molar refractivity (Wildman–Crippen MR) is 83.8 cm³/mol. The standard InChI is InChI=1S/C17H19NO4/c1-3-5-9-15(17(21)22-13-6-4-2)14(8-7-12-18)10-11-16(19)20/h3,5,7-11H,1,4,6,13H2,2H3,(H,19,20). The highest BCUT2D eigenvalue weighted by Gasteiger charge is 2.11. The Morgan fingerprint density at radius 1 is 1.27 bits per heavy atom. The van der Waals surface area contributed by atoms with Crippen LogP contribution in [0.1, 0.15) is 19.8 Å². The third-order valence-electron chi connectivity index (χ3n) is 2.40. The molecule has 0 aromatic heterocycles. The van der Waals surface area contributed by atoms with Gasteiger partial charge in [-0.2, -0.15) is 5.26 Å². The summed E-state index contributed by atoms with van der Waals surface area (Å²) >= 11 is 0. The van der Waals surface area contributed by atoms with Crippen LogP contribution in [0.2, 0.25) is 0 Å². The fourth-order valence-electron chi connectivity index (χ4n) is 1.36. The topological polar surface area (TPSA) is 87.4 Å². The predicted octanol–water partition coefficient (Wildman–Crippen LogP) is 3.09. The van der Waals surface area contributed by atoms with Crippen molar-refractivity contribution in [2.45, 2.75) is 19.8 Å². The number of carboxylic acid groups (broad SMARTS) is 1. The van der Waals surface area contributed by atoms with Gasteiger partial charge in [0.1, 0.15) is 0 Å². The number of allylic oxidation sites excluding steroid dienone is 6. The van der Waals surface area contributed by atoms with Gasteiger partial charge in [0.05, 0.1) is 18.2 Å². The Morgan fingerprint density at radius 3 is 2.55 bits per heavy atom. The number of hydrogen-bond donors (Lipinski definition) is 1. The van der Waals surface area contributed by atoms with Crippen LogP contribution in [0.15, 0.2) is 60.3 Å². The number of carbonyl (C=O) groups excluding carboxylic acids is 1. The normalized spacial score (nSPS) is 12.4. The maximum Gasteiger partial charge on any atom is 0.338 e. The monoisotopic (exact) mass is 301 g/mol. The van der Waals surface area contributed by atoms with E-state index in [9.17, 15) is 9.59 Å². The number of carboxylic acids is 1. The Morgan fingerprint density at radius 2 is 2.00 bits per heavy atom. The quantitative estimate of drug-likeness (QED) is 0.232. The molecule has 0 amide bonds.